The SMILES string of the molecule is C.O=S1(=O)CCNCC1.O=S1CCNCC1. The monoisotopic (exact) mass is 270 g/mol. The van der Waals surface area contributed by atoms with E-state index in [0.717, 1.165) is 24.6 Å². The van der Waals surface area contributed by atoms with Crippen molar-refractivity contribution < 1.29 is 12.6 Å². The topological polar surface area (TPSA) is 75.3 Å². The first-order valence-corrected chi connectivity index (χ1v) is 8.38. The minimum Gasteiger partial charge on any atom is -0.315 e. The molecule has 0 aromatic heterocycles. The van der Waals surface area contributed by atoms with Crippen molar-refractivity contribution in [2.24, 2.45) is 0 Å². The molecule has 2 saturated heterocycles. The third-order valence-corrected chi connectivity index (χ3v) is 5.16. The Morgan fingerprint density at radius 2 is 1.31 bits per heavy atom. The summed E-state index contributed by atoms with van der Waals surface area (Å²) in [6.07, 6.45) is 0. The van der Waals surface area contributed by atoms with Crippen LogP contribution in [0, 0.1) is 0 Å². The maximum absolute atomic E-state index is 10.6. The van der Waals surface area contributed by atoms with E-state index in [1.165, 1.54) is 0 Å². The second-order valence-electron chi connectivity index (χ2n) is 3.50. The summed E-state index contributed by atoms with van der Waals surface area (Å²) in [4.78, 5) is 0. The Labute approximate surface area is 101 Å². The van der Waals surface area contributed by atoms with Gasteiger partial charge in [-0.25, -0.2) is 8.42 Å². The number of rotatable bonds is 0. The van der Waals surface area contributed by atoms with E-state index in [4.69, 9.17) is 0 Å². The lowest BCUT2D eigenvalue weighted by Gasteiger charge is -2.10. The number of hydrogen-bond acceptors (Lipinski definition) is 5. The fraction of sp³-hybridized carbons (Fsp3) is 1.00. The molecule has 2 aliphatic heterocycles. The number of nitrogens with one attached hydrogen (secondary N) is 2. The van der Waals surface area contributed by atoms with Crippen LogP contribution in [0.5, 0.6) is 0 Å². The van der Waals surface area contributed by atoms with Crippen LogP contribution in [0.25, 0.3) is 0 Å². The van der Waals surface area contributed by atoms with Gasteiger partial charge in [-0.3, -0.25) is 4.21 Å². The predicted octanol–water partition coefficient (Wildman–Crippen LogP) is -1.02. The van der Waals surface area contributed by atoms with Crippen molar-refractivity contribution in [2.45, 2.75) is 7.43 Å². The zero-order valence-corrected chi connectivity index (χ0v) is 10.3. The lowest BCUT2D eigenvalue weighted by Crippen LogP contribution is -2.35. The van der Waals surface area contributed by atoms with Crippen LogP contribution < -0.4 is 10.6 Å². The molecule has 0 radical (unpaired) electrons. The fourth-order valence-electron chi connectivity index (χ4n) is 1.28. The van der Waals surface area contributed by atoms with Crippen molar-refractivity contribution in [1.29, 1.82) is 0 Å². The Morgan fingerprint density at radius 1 is 0.875 bits per heavy atom. The molecule has 0 aromatic rings. The molecule has 0 aromatic carbocycles. The van der Waals surface area contributed by atoms with E-state index in [0.29, 0.717) is 24.6 Å². The lowest BCUT2D eigenvalue weighted by molar-refractivity contribution is 0.577. The summed E-state index contributed by atoms with van der Waals surface area (Å²) in [5, 5.41) is 6.08. The first-order chi connectivity index (χ1) is 7.10. The Kier molecular flexibility index (Phi) is 8.17. The van der Waals surface area contributed by atoms with E-state index < -0.39 is 20.6 Å². The second kappa shape index (κ2) is 8.16. The Morgan fingerprint density at radius 3 is 1.56 bits per heavy atom. The van der Waals surface area contributed by atoms with Crippen molar-refractivity contribution >= 4 is 20.6 Å². The Hall–Kier alpha value is 0.0200. The highest BCUT2D eigenvalue weighted by Gasteiger charge is 2.13. The van der Waals surface area contributed by atoms with Crippen LogP contribution in [0.2, 0.25) is 0 Å². The van der Waals surface area contributed by atoms with Crippen molar-refractivity contribution in [2.75, 3.05) is 49.2 Å². The third-order valence-electron chi connectivity index (χ3n) is 2.19. The molecule has 0 spiro atoms. The van der Waals surface area contributed by atoms with Crippen LogP contribution in [0.3, 0.4) is 0 Å². The van der Waals surface area contributed by atoms with Gasteiger partial charge in [0.1, 0.15) is 0 Å². The van der Waals surface area contributed by atoms with E-state index >= 15 is 0 Å². The molecule has 0 saturated carbocycles. The number of hydrogen-bond donors (Lipinski definition) is 2. The summed E-state index contributed by atoms with van der Waals surface area (Å²) in [6.45, 7) is 3.13. The molecule has 0 bridgehead atoms. The van der Waals surface area contributed by atoms with Crippen molar-refractivity contribution in [3.63, 3.8) is 0 Å². The summed E-state index contributed by atoms with van der Waals surface area (Å²) >= 11 is 0. The molecule has 7 heteroatoms. The average molecular weight is 270 g/mol. The highest BCUT2D eigenvalue weighted by atomic mass is 32.2. The third kappa shape index (κ3) is 7.32. The standard InChI is InChI=1S/C4H9NO2S.C4H9NOS.CH4/c6-8(7)3-1-5-2-4-8;6-7-3-1-5-2-4-7;/h5H,1-4H2;5H,1-4H2;1H4. The average Bonchev–Trinajstić information content (AvgIpc) is 2.19. The van der Waals surface area contributed by atoms with Gasteiger partial charge in [-0.15, -0.1) is 0 Å². The molecule has 0 atom stereocenters. The second-order valence-corrected chi connectivity index (χ2v) is 7.50. The summed E-state index contributed by atoms with van der Waals surface area (Å²) in [7, 11) is -3.15. The normalized spacial score (nSPS) is 24.8. The van der Waals surface area contributed by atoms with Crippen molar-refractivity contribution in [1.82, 2.24) is 10.6 Å². The van der Waals surface area contributed by atoms with E-state index in [2.05, 4.69) is 10.6 Å². The highest BCUT2D eigenvalue weighted by Crippen LogP contribution is 1.91. The van der Waals surface area contributed by atoms with Crippen LogP contribution in [-0.4, -0.2) is 61.8 Å². The highest BCUT2D eigenvalue weighted by molar-refractivity contribution is 7.91. The van der Waals surface area contributed by atoms with E-state index in [1.807, 2.05) is 0 Å². The molecular formula is C9H22N2O3S2. The quantitative estimate of drug-likeness (QED) is 0.589. The first kappa shape index (κ1) is 16.0. The van der Waals surface area contributed by atoms with Crippen LogP contribution in [-0.2, 0) is 20.6 Å². The smallest absolute Gasteiger partial charge is 0.152 e. The van der Waals surface area contributed by atoms with Crippen LogP contribution in [0.4, 0.5) is 0 Å². The van der Waals surface area contributed by atoms with Crippen molar-refractivity contribution in [3.05, 3.63) is 0 Å². The summed E-state index contributed by atoms with van der Waals surface area (Å²) < 4.78 is 31.8. The minimum absolute atomic E-state index is 0. The van der Waals surface area contributed by atoms with Gasteiger partial charge in [-0.2, -0.15) is 0 Å². The molecule has 2 fully saturated rings. The van der Waals surface area contributed by atoms with E-state index in [-0.39, 0.29) is 7.43 Å². The lowest BCUT2D eigenvalue weighted by atomic mass is 10.6. The van der Waals surface area contributed by atoms with Gasteiger partial charge in [0.25, 0.3) is 0 Å². The fourth-order valence-corrected chi connectivity index (χ4v) is 3.34. The van der Waals surface area contributed by atoms with Crippen LogP contribution in [0.1, 0.15) is 7.43 Å². The van der Waals surface area contributed by atoms with Gasteiger partial charge < -0.3 is 10.6 Å². The van der Waals surface area contributed by atoms with Gasteiger partial charge >= 0.3 is 0 Å². The molecule has 5 nitrogen and oxygen atoms in total. The molecule has 16 heavy (non-hydrogen) atoms. The van der Waals surface area contributed by atoms with Gasteiger partial charge in [0.15, 0.2) is 9.84 Å². The van der Waals surface area contributed by atoms with Gasteiger partial charge in [-0.05, 0) is 0 Å². The zero-order valence-electron chi connectivity index (χ0n) is 8.70. The molecule has 0 amide bonds. The molecular weight excluding hydrogens is 248 g/mol. The van der Waals surface area contributed by atoms with Crippen molar-refractivity contribution in [3.8, 4) is 0 Å². The van der Waals surface area contributed by atoms with Crippen LogP contribution >= 0.6 is 0 Å². The first-order valence-electron chi connectivity index (χ1n) is 5.07. The molecule has 2 N–H and O–H groups in total. The summed E-state index contributed by atoms with van der Waals surface area (Å²) in [6, 6.07) is 0. The van der Waals surface area contributed by atoms with E-state index in [1.54, 1.807) is 0 Å². The number of sulfone groups is 1. The van der Waals surface area contributed by atoms with Gasteiger partial charge in [0.2, 0.25) is 0 Å². The Bertz CT molecular complexity index is 284. The maximum Gasteiger partial charge on any atom is 0.152 e. The largest absolute Gasteiger partial charge is 0.315 e. The van der Waals surface area contributed by atoms with Crippen LogP contribution in [0.15, 0.2) is 0 Å². The van der Waals surface area contributed by atoms with Gasteiger partial charge in [0, 0.05) is 48.5 Å². The predicted molar refractivity (Wildman–Crippen MR) is 69.0 cm³/mol. The maximum atomic E-state index is 10.6. The summed E-state index contributed by atoms with van der Waals surface area (Å²) in [5.74, 6) is 2.32. The van der Waals surface area contributed by atoms with Gasteiger partial charge in [0.05, 0.1) is 11.5 Å². The summed E-state index contributed by atoms with van der Waals surface area (Å²) in [5.41, 5.74) is 0. The molecule has 2 rings (SSSR count). The molecule has 0 unspecified atom stereocenters. The van der Waals surface area contributed by atoms with Gasteiger partial charge in [-0.1, -0.05) is 7.43 Å². The Balaban J connectivity index is 0.000000267. The minimum atomic E-state index is -2.65. The molecule has 2 heterocycles. The molecule has 0 aliphatic carbocycles. The molecule has 98 valence electrons. The zero-order chi connectivity index (χ0) is 11.1. The molecule has 2 aliphatic rings. The van der Waals surface area contributed by atoms with E-state index in [9.17, 15) is 12.6 Å².